The minimum Gasteiger partial charge on any atom is -0.383 e. The average Bonchev–Trinajstić information content (AvgIpc) is 2.28. The zero-order valence-electron chi connectivity index (χ0n) is 11.8. The predicted octanol–water partition coefficient (Wildman–Crippen LogP) is 2.82. The lowest BCUT2D eigenvalue weighted by Crippen LogP contribution is -2.34. The van der Waals surface area contributed by atoms with E-state index in [0.717, 1.165) is 19.7 Å². The van der Waals surface area contributed by atoms with Gasteiger partial charge in [-0.15, -0.1) is 0 Å². The summed E-state index contributed by atoms with van der Waals surface area (Å²) in [7, 11) is 1.73. The van der Waals surface area contributed by atoms with Crippen LogP contribution in [-0.2, 0) is 10.2 Å². The summed E-state index contributed by atoms with van der Waals surface area (Å²) in [4.78, 5) is 0. The molecule has 0 aromatic heterocycles. The number of hydrogen-bond acceptors (Lipinski definition) is 2. The highest BCUT2D eigenvalue weighted by atomic mass is 16.5. The van der Waals surface area contributed by atoms with Crippen LogP contribution in [0.25, 0.3) is 0 Å². The van der Waals surface area contributed by atoms with Gasteiger partial charge in [-0.2, -0.15) is 0 Å². The zero-order chi connectivity index (χ0) is 12.9. The Morgan fingerprint density at radius 1 is 1.18 bits per heavy atom. The molecule has 1 rings (SSSR count). The number of benzene rings is 1. The van der Waals surface area contributed by atoms with E-state index in [4.69, 9.17) is 4.74 Å². The number of aryl methyl sites for hydroxylation is 2. The van der Waals surface area contributed by atoms with Crippen LogP contribution in [0.3, 0.4) is 0 Å². The minimum atomic E-state index is 0.159. The first-order chi connectivity index (χ1) is 7.97. The molecule has 17 heavy (non-hydrogen) atoms. The number of nitrogens with one attached hydrogen (secondary N) is 1. The molecule has 2 nitrogen and oxygen atoms in total. The van der Waals surface area contributed by atoms with Crippen molar-refractivity contribution in [1.29, 1.82) is 0 Å². The van der Waals surface area contributed by atoms with Crippen molar-refractivity contribution in [3.05, 3.63) is 34.9 Å². The lowest BCUT2D eigenvalue weighted by molar-refractivity contribution is 0.197. The highest BCUT2D eigenvalue weighted by Gasteiger charge is 2.20. The molecule has 0 atom stereocenters. The van der Waals surface area contributed by atoms with Crippen molar-refractivity contribution in [2.75, 3.05) is 26.8 Å². The highest BCUT2D eigenvalue weighted by Crippen LogP contribution is 2.24. The maximum atomic E-state index is 5.03. The first-order valence-electron chi connectivity index (χ1n) is 6.25. The van der Waals surface area contributed by atoms with Gasteiger partial charge in [-0.05, 0) is 30.5 Å². The van der Waals surface area contributed by atoms with Gasteiger partial charge in [0.05, 0.1) is 6.61 Å². The van der Waals surface area contributed by atoms with Crippen molar-refractivity contribution in [2.24, 2.45) is 0 Å². The summed E-state index contributed by atoms with van der Waals surface area (Å²) in [5.41, 5.74) is 4.28. The summed E-state index contributed by atoms with van der Waals surface area (Å²) in [5, 5.41) is 3.43. The summed E-state index contributed by atoms with van der Waals surface area (Å²) < 4.78 is 5.03. The van der Waals surface area contributed by atoms with Gasteiger partial charge in [0, 0.05) is 25.6 Å². The maximum Gasteiger partial charge on any atom is 0.0587 e. The van der Waals surface area contributed by atoms with Crippen LogP contribution in [0.1, 0.15) is 30.5 Å². The highest BCUT2D eigenvalue weighted by molar-refractivity contribution is 5.34. The molecule has 2 heteroatoms. The van der Waals surface area contributed by atoms with E-state index < -0.39 is 0 Å². The van der Waals surface area contributed by atoms with Gasteiger partial charge in [-0.25, -0.2) is 0 Å². The summed E-state index contributed by atoms with van der Waals surface area (Å²) in [6, 6.07) is 6.75. The van der Waals surface area contributed by atoms with Gasteiger partial charge in [0.15, 0.2) is 0 Å². The second kappa shape index (κ2) is 6.18. The number of rotatable bonds is 6. The van der Waals surface area contributed by atoms with E-state index in [1.165, 1.54) is 16.7 Å². The fourth-order valence-corrected chi connectivity index (χ4v) is 1.84. The summed E-state index contributed by atoms with van der Waals surface area (Å²) >= 11 is 0. The number of ether oxygens (including phenoxy) is 1. The SMILES string of the molecule is COCCNCC(C)(C)c1ccc(C)c(C)c1. The molecule has 1 N–H and O–H groups in total. The van der Waals surface area contributed by atoms with Gasteiger partial charge in [-0.3, -0.25) is 0 Å². The van der Waals surface area contributed by atoms with Crippen molar-refractivity contribution >= 4 is 0 Å². The Morgan fingerprint density at radius 3 is 2.47 bits per heavy atom. The Balaban J connectivity index is 2.64. The van der Waals surface area contributed by atoms with E-state index in [-0.39, 0.29) is 5.41 Å². The molecule has 0 aliphatic heterocycles. The third kappa shape index (κ3) is 4.14. The molecule has 0 saturated carbocycles. The van der Waals surface area contributed by atoms with Crippen molar-refractivity contribution in [1.82, 2.24) is 5.32 Å². The van der Waals surface area contributed by atoms with E-state index in [1.807, 2.05) is 0 Å². The van der Waals surface area contributed by atoms with Gasteiger partial charge in [0.25, 0.3) is 0 Å². The minimum absolute atomic E-state index is 0.159. The van der Waals surface area contributed by atoms with Crippen LogP contribution < -0.4 is 5.32 Å². The van der Waals surface area contributed by atoms with Gasteiger partial charge in [-0.1, -0.05) is 32.0 Å². The molecule has 96 valence electrons. The quantitative estimate of drug-likeness (QED) is 0.766. The van der Waals surface area contributed by atoms with Crippen molar-refractivity contribution in [3.63, 3.8) is 0 Å². The van der Waals surface area contributed by atoms with Crippen molar-refractivity contribution in [3.8, 4) is 0 Å². The van der Waals surface area contributed by atoms with Crippen LogP contribution in [0, 0.1) is 13.8 Å². The van der Waals surface area contributed by atoms with Crippen LogP contribution in [0.5, 0.6) is 0 Å². The second-order valence-electron chi connectivity index (χ2n) is 5.35. The first kappa shape index (κ1) is 14.2. The van der Waals surface area contributed by atoms with Gasteiger partial charge >= 0.3 is 0 Å². The molecule has 0 spiro atoms. The van der Waals surface area contributed by atoms with Crippen LogP contribution in [-0.4, -0.2) is 26.8 Å². The third-order valence-corrected chi connectivity index (χ3v) is 3.34. The largest absolute Gasteiger partial charge is 0.383 e. The predicted molar refractivity (Wildman–Crippen MR) is 73.7 cm³/mol. The number of hydrogen-bond donors (Lipinski definition) is 1. The Hall–Kier alpha value is -0.860. The Morgan fingerprint density at radius 2 is 1.88 bits per heavy atom. The van der Waals surface area contributed by atoms with Gasteiger partial charge in [0.2, 0.25) is 0 Å². The van der Waals surface area contributed by atoms with Gasteiger partial charge < -0.3 is 10.1 Å². The van der Waals surface area contributed by atoms with E-state index >= 15 is 0 Å². The van der Waals surface area contributed by atoms with E-state index in [0.29, 0.717) is 0 Å². The summed E-state index contributed by atoms with van der Waals surface area (Å²) in [6.45, 7) is 11.5. The smallest absolute Gasteiger partial charge is 0.0587 e. The average molecular weight is 235 g/mol. The summed E-state index contributed by atoms with van der Waals surface area (Å²) in [5.74, 6) is 0. The molecule has 1 aromatic rings. The standard InChI is InChI=1S/C15H25NO/c1-12-6-7-14(10-13(12)2)15(3,4)11-16-8-9-17-5/h6-7,10,16H,8-9,11H2,1-5H3. The third-order valence-electron chi connectivity index (χ3n) is 3.34. The van der Waals surface area contributed by atoms with Crippen molar-refractivity contribution in [2.45, 2.75) is 33.1 Å². The van der Waals surface area contributed by atoms with E-state index in [1.54, 1.807) is 7.11 Å². The molecule has 1 aromatic carbocycles. The molecular formula is C15H25NO. The molecule has 0 radical (unpaired) electrons. The molecule has 0 heterocycles. The normalized spacial score (nSPS) is 11.8. The van der Waals surface area contributed by atoms with Crippen LogP contribution in [0.2, 0.25) is 0 Å². The number of methoxy groups -OCH3 is 1. The lowest BCUT2D eigenvalue weighted by atomic mass is 9.83. The molecule has 0 unspecified atom stereocenters. The topological polar surface area (TPSA) is 21.3 Å². The lowest BCUT2D eigenvalue weighted by Gasteiger charge is -2.26. The molecule has 0 fully saturated rings. The molecule has 0 saturated heterocycles. The first-order valence-corrected chi connectivity index (χ1v) is 6.25. The zero-order valence-corrected chi connectivity index (χ0v) is 11.8. The molecule has 0 amide bonds. The fraction of sp³-hybridized carbons (Fsp3) is 0.600. The Kier molecular flexibility index (Phi) is 5.16. The van der Waals surface area contributed by atoms with E-state index in [2.05, 4.69) is 51.2 Å². The van der Waals surface area contributed by atoms with Crippen LogP contribution in [0.4, 0.5) is 0 Å². The Labute approximate surface area is 105 Å². The van der Waals surface area contributed by atoms with Crippen LogP contribution in [0.15, 0.2) is 18.2 Å². The monoisotopic (exact) mass is 235 g/mol. The Bertz CT molecular complexity index is 358. The molecule has 0 aliphatic rings. The second-order valence-corrected chi connectivity index (χ2v) is 5.35. The van der Waals surface area contributed by atoms with E-state index in [9.17, 15) is 0 Å². The molecule has 0 bridgehead atoms. The van der Waals surface area contributed by atoms with Crippen molar-refractivity contribution < 1.29 is 4.74 Å². The summed E-state index contributed by atoms with van der Waals surface area (Å²) in [6.07, 6.45) is 0. The van der Waals surface area contributed by atoms with Gasteiger partial charge in [0.1, 0.15) is 0 Å². The molecule has 0 aliphatic carbocycles. The fourth-order valence-electron chi connectivity index (χ4n) is 1.84. The molecular weight excluding hydrogens is 210 g/mol. The maximum absolute atomic E-state index is 5.03. The van der Waals surface area contributed by atoms with Crippen LogP contribution >= 0.6 is 0 Å².